The standard InChI is InChI=1S/C9H12BrO2P/c1-11-13(12-2)7-8-3-5-9(10)6-4-8/h3-6H,7H2,1-2H3. The van der Waals surface area contributed by atoms with E-state index in [1.807, 2.05) is 12.1 Å². The van der Waals surface area contributed by atoms with Crippen LogP contribution in [0.15, 0.2) is 28.7 Å². The lowest BCUT2D eigenvalue weighted by Crippen LogP contribution is -1.87. The van der Waals surface area contributed by atoms with Gasteiger partial charge >= 0.3 is 0 Å². The Morgan fingerprint density at radius 1 is 1.15 bits per heavy atom. The molecule has 0 atom stereocenters. The van der Waals surface area contributed by atoms with Gasteiger partial charge in [-0.2, -0.15) is 0 Å². The molecule has 0 aliphatic rings. The van der Waals surface area contributed by atoms with E-state index in [0.29, 0.717) is 0 Å². The van der Waals surface area contributed by atoms with Gasteiger partial charge in [-0.25, -0.2) is 0 Å². The van der Waals surface area contributed by atoms with Crippen LogP contribution in [0.25, 0.3) is 0 Å². The van der Waals surface area contributed by atoms with Crippen molar-refractivity contribution in [2.75, 3.05) is 14.2 Å². The van der Waals surface area contributed by atoms with Crippen LogP contribution in [-0.4, -0.2) is 14.2 Å². The maximum atomic E-state index is 5.16. The predicted molar refractivity (Wildman–Crippen MR) is 58.8 cm³/mol. The molecule has 0 N–H and O–H groups in total. The molecule has 0 fully saturated rings. The fourth-order valence-electron chi connectivity index (χ4n) is 0.943. The normalized spacial score (nSPS) is 10.8. The van der Waals surface area contributed by atoms with Crippen LogP contribution in [-0.2, 0) is 15.2 Å². The summed E-state index contributed by atoms with van der Waals surface area (Å²) in [5.74, 6) is 0. The Hall–Kier alpha value is 0.0500. The maximum Gasteiger partial charge on any atom is 0.174 e. The molecular formula is C9H12BrO2P. The van der Waals surface area contributed by atoms with E-state index < -0.39 is 8.38 Å². The lowest BCUT2D eigenvalue weighted by molar-refractivity contribution is 0.339. The highest BCUT2D eigenvalue weighted by Gasteiger charge is 2.06. The van der Waals surface area contributed by atoms with Crippen molar-refractivity contribution >= 4 is 24.3 Å². The summed E-state index contributed by atoms with van der Waals surface area (Å²) < 4.78 is 11.4. The summed E-state index contributed by atoms with van der Waals surface area (Å²) in [5.41, 5.74) is 1.23. The highest BCUT2D eigenvalue weighted by atomic mass is 79.9. The smallest absolute Gasteiger partial charge is 0.174 e. The van der Waals surface area contributed by atoms with Crippen molar-refractivity contribution < 1.29 is 9.05 Å². The minimum absolute atomic E-state index is 0.757. The van der Waals surface area contributed by atoms with Crippen molar-refractivity contribution in [2.24, 2.45) is 0 Å². The van der Waals surface area contributed by atoms with Crippen LogP contribution in [0.2, 0.25) is 0 Å². The molecule has 13 heavy (non-hydrogen) atoms. The van der Waals surface area contributed by atoms with Crippen molar-refractivity contribution in [1.29, 1.82) is 0 Å². The Balaban J connectivity index is 2.58. The highest BCUT2D eigenvalue weighted by molar-refractivity contribution is 9.10. The van der Waals surface area contributed by atoms with Crippen LogP contribution < -0.4 is 0 Å². The van der Waals surface area contributed by atoms with Gasteiger partial charge in [-0.3, -0.25) is 0 Å². The SMILES string of the molecule is COP(Cc1ccc(Br)cc1)OC. The average Bonchev–Trinajstić information content (AvgIpc) is 2.17. The summed E-state index contributed by atoms with van der Waals surface area (Å²) in [6.07, 6.45) is 0.843. The average molecular weight is 263 g/mol. The monoisotopic (exact) mass is 262 g/mol. The minimum Gasteiger partial charge on any atom is -0.337 e. The van der Waals surface area contributed by atoms with E-state index in [1.54, 1.807) is 14.2 Å². The molecule has 0 aliphatic heterocycles. The molecule has 0 saturated carbocycles. The van der Waals surface area contributed by atoms with Gasteiger partial charge in [-0.05, 0) is 17.7 Å². The minimum atomic E-state index is -0.757. The third-order valence-corrected chi connectivity index (χ3v) is 3.60. The molecule has 1 aromatic carbocycles. The van der Waals surface area contributed by atoms with Crippen LogP contribution in [0.4, 0.5) is 0 Å². The molecule has 0 aliphatic carbocycles. The van der Waals surface area contributed by atoms with E-state index >= 15 is 0 Å². The number of benzene rings is 1. The molecule has 0 saturated heterocycles. The van der Waals surface area contributed by atoms with Crippen molar-refractivity contribution in [3.05, 3.63) is 34.3 Å². The molecule has 0 aromatic heterocycles. The second-order valence-corrected chi connectivity index (χ2v) is 5.11. The highest BCUT2D eigenvalue weighted by Crippen LogP contribution is 2.40. The van der Waals surface area contributed by atoms with Crippen molar-refractivity contribution in [2.45, 2.75) is 6.16 Å². The third kappa shape index (κ3) is 3.74. The molecule has 0 heterocycles. The van der Waals surface area contributed by atoms with Gasteiger partial charge in [-0.15, -0.1) is 0 Å². The summed E-state index contributed by atoms with van der Waals surface area (Å²) in [6.45, 7) is 0. The second kappa shape index (κ2) is 5.71. The Morgan fingerprint density at radius 3 is 2.15 bits per heavy atom. The lowest BCUT2D eigenvalue weighted by Gasteiger charge is -2.11. The van der Waals surface area contributed by atoms with Gasteiger partial charge in [0.1, 0.15) is 0 Å². The summed E-state index contributed by atoms with van der Waals surface area (Å²) in [6, 6.07) is 8.18. The van der Waals surface area contributed by atoms with Crippen LogP contribution in [0, 0.1) is 0 Å². The summed E-state index contributed by atoms with van der Waals surface area (Å²) in [5, 5.41) is 0. The first-order valence-electron chi connectivity index (χ1n) is 3.86. The first-order valence-corrected chi connectivity index (χ1v) is 6.02. The number of rotatable bonds is 4. The van der Waals surface area contributed by atoms with E-state index in [-0.39, 0.29) is 0 Å². The molecule has 0 bridgehead atoms. The number of hydrogen-bond acceptors (Lipinski definition) is 2. The van der Waals surface area contributed by atoms with Crippen LogP contribution in [0.5, 0.6) is 0 Å². The summed E-state index contributed by atoms with van der Waals surface area (Å²) in [4.78, 5) is 0. The van der Waals surface area contributed by atoms with Gasteiger partial charge in [0.25, 0.3) is 0 Å². The van der Waals surface area contributed by atoms with Gasteiger partial charge < -0.3 is 9.05 Å². The first-order chi connectivity index (χ1) is 6.26. The van der Waals surface area contributed by atoms with E-state index in [1.165, 1.54) is 5.56 Å². The van der Waals surface area contributed by atoms with Gasteiger partial charge in [0.15, 0.2) is 8.38 Å². The predicted octanol–water partition coefficient (Wildman–Crippen LogP) is 3.55. The maximum absolute atomic E-state index is 5.16. The zero-order valence-corrected chi connectivity index (χ0v) is 10.1. The summed E-state index contributed by atoms with van der Waals surface area (Å²) >= 11 is 3.39. The Labute approximate surface area is 88.3 Å². The molecule has 1 aromatic rings. The van der Waals surface area contributed by atoms with Gasteiger partial charge in [0.2, 0.25) is 0 Å². The Kier molecular flexibility index (Phi) is 4.89. The number of halogens is 1. The van der Waals surface area contributed by atoms with Crippen LogP contribution in [0.3, 0.4) is 0 Å². The second-order valence-electron chi connectivity index (χ2n) is 2.48. The topological polar surface area (TPSA) is 18.5 Å². The van der Waals surface area contributed by atoms with Gasteiger partial charge in [0.05, 0.1) is 0 Å². The van der Waals surface area contributed by atoms with Gasteiger partial charge in [-0.1, -0.05) is 28.1 Å². The molecule has 4 heteroatoms. The van der Waals surface area contributed by atoms with Crippen LogP contribution >= 0.6 is 24.3 Å². The van der Waals surface area contributed by atoms with E-state index in [0.717, 1.165) is 10.6 Å². The zero-order valence-electron chi connectivity index (χ0n) is 7.66. The first kappa shape index (κ1) is 11.1. The van der Waals surface area contributed by atoms with E-state index in [9.17, 15) is 0 Å². The quantitative estimate of drug-likeness (QED) is 0.773. The molecule has 0 spiro atoms. The third-order valence-electron chi connectivity index (χ3n) is 1.63. The van der Waals surface area contributed by atoms with Crippen molar-refractivity contribution in [3.8, 4) is 0 Å². The Bertz CT molecular complexity index is 246. The zero-order chi connectivity index (χ0) is 9.68. The molecule has 72 valence electrons. The van der Waals surface area contributed by atoms with Crippen molar-refractivity contribution in [3.63, 3.8) is 0 Å². The number of hydrogen-bond donors (Lipinski definition) is 0. The molecule has 0 unspecified atom stereocenters. The molecular weight excluding hydrogens is 251 g/mol. The fraction of sp³-hybridized carbons (Fsp3) is 0.333. The largest absolute Gasteiger partial charge is 0.337 e. The molecule has 2 nitrogen and oxygen atoms in total. The Morgan fingerprint density at radius 2 is 1.69 bits per heavy atom. The molecule has 0 radical (unpaired) electrons. The van der Waals surface area contributed by atoms with Gasteiger partial charge in [0, 0.05) is 24.9 Å². The molecule has 1 rings (SSSR count). The van der Waals surface area contributed by atoms with Crippen molar-refractivity contribution in [1.82, 2.24) is 0 Å². The molecule has 0 amide bonds. The van der Waals surface area contributed by atoms with E-state index in [2.05, 4.69) is 28.1 Å². The lowest BCUT2D eigenvalue weighted by atomic mass is 10.2. The fourth-order valence-corrected chi connectivity index (χ4v) is 2.12. The van der Waals surface area contributed by atoms with E-state index in [4.69, 9.17) is 9.05 Å². The summed E-state index contributed by atoms with van der Waals surface area (Å²) in [7, 11) is 2.59. The van der Waals surface area contributed by atoms with Crippen LogP contribution in [0.1, 0.15) is 5.56 Å².